The van der Waals surface area contributed by atoms with Crippen LogP contribution >= 0.6 is 0 Å². The van der Waals surface area contributed by atoms with Gasteiger partial charge in [0.2, 0.25) is 15.9 Å². The summed E-state index contributed by atoms with van der Waals surface area (Å²) in [5.41, 5.74) is 1.18. The minimum absolute atomic E-state index is 0.0983. The highest BCUT2D eigenvalue weighted by Crippen LogP contribution is 2.31. The fourth-order valence-corrected chi connectivity index (χ4v) is 3.69. The molecule has 0 saturated carbocycles. The van der Waals surface area contributed by atoms with Crippen LogP contribution in [-0.2, 0) is 21.2 Å². The second-order valence-corrected chi connectivity index (χ2v) is 8.72. The summed E-state index contributed by atoms with van der Waals surface area (Å²) in [6, 6.07) is 8.13. The first-order valence-electron chi connectivity index (χ1n) is 9.45. The number of benzene rings is 2. The van der Waals surface area contributed by atoms with Crippen LogP contribution in [0.3, 0.4) is 0 Å². The number of phenolic OH excluding ortho intramolecular Hbond substituents is 1. The normalized spacial score (nSPS) is 14.2. The Balaban J connectivity index is 1.89. The van der Waals surface area contributed by atoms with E-state index in [4.69, 9.17) is 0 Å². The average Bonchev–Trinajstić information content (AvgIpc) is 2.69. The molecule has 4 amide bonds. The number of hydrogen-bond acceptors (Lipinski definition) is 6. The predicted molar refractivity (Wildman–Crippen MR) is 116 cm³/mol. The van der Waals surface area contributed by atoms with Crippen LogP contribution in [0.2, 0.25) is 0 Å². The molecule has 0 radical (unpaired) electrons. The van der Waals surface area contributed by atoms with Crippen LogP contribution in [0.5, 0.6) is 5.75 Å². The lowest BCUT2D eigenvalue weighted by atomic mass is 10.0. The molecule has 31 heavy (non-hydrogen) atoms. The van der Waals surface area contributed by atoms with Gasteiger partial charge in [-0.1, -0.05) is 6.92 Å². The molecule has 11 heteroatoms. The van der Waals surface area contributed by atoms with Crippen molar-refractivity contribution in [3.05, 3.63) is 47.5 Å². The lowest BCUT2D eigenvalue weighted by molar-refractivity contribution is -0.118. The molecule has 2 aromatic carbocycles. The van der Waals surface area contributed by atoms with Gasteiger partial charge in [0.05, 0.1) is 17.5 Å². The molecule has 10 nitrogen and oxygen atoms in total. The van der Waals surface area contributed by atoms with E-state index in [0.29, 0.717) is 23.4 Å². The third-order valence-corrected chi connectivity index (χ3v) is 5.18. The molecule has 3 rings (SSSR count). The van der Waals surface area contributed by atoms with E-state index in [9.17, 15) is 27.9 Å². The van der Waals surface area contributed by atoms with Gasteiger partial charge in [-0.05, 0) is 48.4 Å². The number of phenols is 1. The zero-order valence-electron chi connectivity index (χ0n) is 16.9. The van der Waals surface area contributed by atoms with Gasteiger partial charge in [-0.25, -0.2) is 18.1 Å². The fourth-order valence-electron chi connectivity index (χ4n) is 3.13. The maximum Gasteiger partial charge on any atom is 0.328 e. The molecule has 0 atom stereocenters. The van der Waals surface area contributed by atoms with Gasteiger partial charge in [-0.15, -0.1) is 0 Å². The quantitative estimate of drug-likeness (QED) is 0.534. The second-order valence-electron chi connectivity index (χ2n) is 6.97. The largest absolute Gasteiger partial charge is 0.507 e. The summed E-state index contributed by atoms with van der Waals surface area (Å²) in [6.07, 6.45) is 1.52. The maximum atomic E-state index is 12.8. The molecule has 164 valence electrons. The SMILES string of the molecule is CCc1cc(N2C(=O)CCNC2=O)cc(C(=O)Nc2ccc(NS(C)(=O)=O)cc2)c1O. The molecule has 1 saturated heterocycles. The zero-order chi connectivity index (χ0) is 22.8. The number of amides is 4. The number of nitrogens with zero attached hydrogens (tertiary/aromatic N) is 1. The first kappa shape index (κ1) is 22.1. The van der Waals surface area contributed by atoms with Crippen molar-refractivity contribution >= 4 is 44.9 Å². The number of sulfonamides is 1. The maximum absolute atomic E-state index is 12.8. The zero-order valence-corrected chi connectivity index (χ0v) is 17.7. The van der Waals surface area contributed by atoms with Crippen molar-refractivity contribution in [1.29, 1.82) is 0 Å². The molecular formula is C20H22N4O6S. The van der Waals surface area contributed by atoms with E-state index in [-0.39, 0.29) is 30.0 Å². The number of carbonyl (C=O) groups excluding carboxylic acids is 3. The fraction of sp³-hybridized carbons (Fsp3) is 0.250. The number of rotatable bonds is 6. The van der Waals surface area contributed by atoms with Crippen LogP contribution < -0.4 is 20.3 Å². The molecule has 0 aliphatic carbocycles. The molecular weight excluding hydrogens is 424 g/mol. The van der Waals surface area contributed by atoms with E-state index in [1.165, 1.54) is 36.4 Å². The van der Waals surface area contributed by atoms with Gasteiger partial charge < -0.3 is 15.7 Å². The number of urea groups is 1. The highest BCUT2D eigenvalue weighted by Gasteiger charge is 2.29. The van der Waals surface area contributed by atoms with Crippen molar-refractivity contribution in [1.82, 2.24) is 5.32 Å². The van der Waals surface area contributed by atoms with E-state index in [1.807, 2.05) is 0 Å². The first-order valence-corrected chi connectivity index (χ1v) is 11.3. The summed E-state index contributed by atoms with van der Waals surface area (Å²) in [7, 11) is -3.43. The third kappa shape index (κ3) is 5.12. The molecule has 2 aromatic rings. The van der Waals surface area contributed by atoms with Crippen LogP contribution in [0.4, 0.5) is 21.9 Å². The van der Waals surface area contributed by atoms with Crippen LogP contribution in [0, 0.1) is 0 Å². The number of carbonyl (C=O) groups is 3. The minimum Gasteiger partial charge on any atom is -0.507 e. The van der Waals surface area contributed by atoms with E-state index < -0.39 is 27.9 Å². The topological polar surface area (TPSA) is 145 Å². The van der Waals surface area contributed by atoms with Crippen LogP contribution in [-0.4, -0.2) is 44.2 Å². The Hall–Kier alpha value is -3.60. The summed E-state index contributed by atoms with van der Waals surface area (Å²) in [4.78, 5) is 38.2. The molecule has 0 spiro atoms. The lowest BCUT2D eigenvalue weighted by Gasteiger charge is -2.26. The summed E-state index contributed by atoms with van der Waals surface area (Å²) in [5.74, 6) is -1.30. The predicted octanol–water partition coefficient (Wildman–Crippen LogP) is 2.02. The molecule has 0 unspecified atom stereocenters. The van der Waals surface area contributed by atoms with Gasteiger partial charge in [0.25, 0.3) is 5.91 Å². The Morgan fingerprint density at radius 3 is 2.39 bits per heavy atom. The number of imide groups is 1. The Morgan fingerprint density at radius 2 is 1.81 bits per heavy atom. The van der Waals surface area contributed by atoms with Crippen molar-refractivity contribution in [2.45, 2.75) is 19.8 Å². The molecule has 4 N–H and O–H groups in total. The second kappa shape index (κ2) is 8.64. The Bertz CT molecular complexity index is 1130. The van der Waals surface area contributed by atoms with Gasteiger partial charge in [0.1, 0.15) is 5.75 Å². The Morgan fingerprint density at radius 1 is 1.16 bits per heavy atom. The van der Waals surface area contributed by atoms with Gasteiger partial charge in [0, 0.05) is 24.3 Å². The van der Waals surface area contributed by atoms with E-state index in [2.05, 4.69) is 15.4 Å². The van der Waals surface area contributed by atoms with Gasteiger partial charge in [-0.2, -0.15) is 0 Å². The van der Waals surface area contributed by atoms with Gasteiger partial charge >= 0.3 is 6.03 Å². The molecule has 1 aliphatic rings. The highest BCUT2D eigenvalue weighted by molar-refractivity contribution is 7.92. The van der Waals surface area contributed by atoms with Crippen molar-refractivity contribution in [3.8, 4) is 5.75 Å². The van der Waals surface area contributed by atoms with Crippen molar-refractivity contribution in [3.63, 3.8) is 0 Å². The van der Waals surface area contributed by atoms with Gasteiger partial charge in [-0.3, -0.25) is 14.3 Å². The molecule has 0 aromatic heterocycles. The lowest BCUT2D eigenvalue weighted by Crippen LogP contribution is -2.50. The van der Waals surface area contributed by atoms with Crippen molar-refractivity contribution in [2.75, 3.05) is 27.7 Å². The molecule has 1 heterocycles. The number of anilines is 3. The van der Waals surface area contributed by atoms with Crippen molar-refractivity contribution < 1.29 is 27.9 Å². The number of nitrogens with one attached hydrogen (secondary N) is 3. The van der Waals surface area contributed by atoms with Crippen LogP contribution in [0.15, 0.2) is 36.4 Å². The first-order chi connectivity index (χ1) is 14.6. The monoisotopic (exact) mass is 446 g/mol. The van der Waals surface area contributed by atoms with Crippen LogP contribution in [0.25, 0.3) is 0 Å². The highest BCUT2D eigenvalue weighted by atomic mass is 32.2. The summed E-state index contributed by atoms with van der Waals surface area (Å²) in [5, 5.41) is 15.7. The molecule has 1 aliphatic heterocycles. The van der Waals surface area contributed by atoms with E-state index in [0.717, 1.165) is 11.2 Å². The Labute approximate surface area is 179 Å². The molecule has 1 fully saturated rings. The summed E-state index contributed by atoms with van der Waals surface area (Å²) >= 11 is 0. The molecule has 0 bridgehead atoms. The van der Waals surface area contributed by atoms with E-state index in [1.54, 1.807) is 6.92 Å². The average molecular weight is 446 g/mol. The standard InChI is InChI=1S/C20H22N4O6S/c1-3-12-10-15(24-17(25)8-9-21-20(24)28)11-16(18(12)26)19(27)22-13-4-6-14(7-5-13)23-31(2,29)30/h4-7,10-11,23,26H,3,8-9H2,1-2H3,(H,21,28)(H,22,27). The van der Waals surface area contributed by atoms with Crippen molar-refractivity contribution in [2.24, 2.45) is 0 Å². The smallest absolute Gasteiger partial charge is 0.328 e. The number of aromatic hydroxyl groups is 1. The van der Waals surface area contributed by atoms with Crippen LogP contribution in [0.1, 0.15) is 29.3 Å². The number of hydrogen-bond donors (Lipinski definition) is 4. The number of aryl methyl sites for hydroxylation is 1. The third-order valence-electron chi connectivity index (χ3n) is 4.57. The minimum atomic E-state index is -3.43. The van der Waals surface area contributed by atoms with Gasteiger partial charge in [0.15, 0.2) is 0 Å². The summed E-state index contributed by atoms with van der Waals surface area (Å²) < 4.78 is 24.9. The van der Waals surface area contributed by atoms with E-state index >= 15 is 0 Å². The summed E-state index contributed by atoms with van der Waals surface area (Å²) in [6.45, 7) is 2.01. The Kier molecular flexibility index (Phi) is 6.16.